The number of β-lactam (4-membered cyclic amide) rings is 1. The van der Waals surface area contributed by atoms with Gasteiger partial charge in [0.25, 0.3) is 0 Å². The molecule has 1 saturated heterocycles. The van der Waals surface area contributed by atoms with Crippen LogP contribution >= 0.6 is 23.1 Å². The molecule has 1 atom stereocenters. The summed E-state index contributed by atoms with van der Waals surface area (Å²) in [5.74, 6) is 0.0871. The van der Waals surface area contributed by atoms with Crippen molar-refractivity contribution in [1.29, 1.82) is 0 Å². The standard InChI is InChI=1S/C25H20N4OS2/c1-25(17-9-3-2-4-10-17)15-23(30)29(25)24-27-26-22(32-24)16-28-18-11-5-7-13-20(18)31-21-14-8-6-12-19(21)28/h2-14H,15-16H2,1H3. The summed E-state index contributed by atoms with van der Waals surface area (Å²) in [7, 11) is 0. The van der Waals surface area contributed by atoms with Crippen molar-refractivity contribution in [3.8, 4) is 0 Å². The number of aromatic nitrogens is 2. The van der Waals surface area contributed by atoms with Crippen molar-refractivity contribution in [3.05, 3.63) is 89.4 Å². The number of amides is 1. The highest BCUT2D eigenvalue weighted by atomic mass is 32.2. The molecular formula is C25H20N4OS2. The van der Waals surface area contributed by atoms with Crippen LogP contribution in [0.2, 0.25) is 0 Å². The molecule has 32 heavy (non-hydrogen) atoms. The third kappa shape index (κ3) is 3.04. The lowest BCUT2D eigenvalue weighted by Gasteiger charge is -2.48. The van der Waals surface area contributed by atoms with Gasteiger partial charge in [0.1, 0.15) is 5.01 Å². The van der Waals surface area contributed by atoms with Crippen molar-refractivity contribution >= 4 is 45.5 Å². The first kappa shape index (κ1) is 19.5. The number of hydrogen-bond donors (Lipinski definition) is 0. The first-order valence-corrected chi connectivity index (χ1v) is 12.1. The van der Waals surface area contributed by atoms with Gasteiger partial charge in [-0.05, 0) is 36.8 Å². The number of carbonyl (C=O) groups excluding carboxylic acids is 1. The van der Waals surface area contributed by atoms with Gasteiger partial charge in [-0.3, -0.25) is 9.69 Å². The molecule has 3 aromatic carbocycles. The maximum absolute atomic E-state index is 12.6. The van der Waals surface area contributed by atoms with E-state index in [-0.39, 0.29) is 11.4 Å². The van der Waals surface area contributed by atoms with E-state index in [1.54, 1.807) is 16.7 Å². The summed E-state index contributed by atoms with van der Waals surface area (Å²) in [4.78, 5) is 19.1. The average molecular weight is 457 g/mol. The van der Waals surface area contributed by atoms with Crippen LogP contribution in [0.15, 0.2) is 88.7 Å². The zero-order chi connectivity index (χ0) is 21.7. The highest BCUT2D eigenvalue weighted by Crippen LogP contribution is 2.49. The first-order valence-electron chi connectivity index (χ1n) is 10.5. The summed E-state index contributed by atoms with van der Waals surface area (Å²) in [6, 6.07) is 27.0. The van der Waals surface area contributed by atoms with E-state index in [1.165, 1.54) is 32.5 Å². The number of rotatable bonds is 4. The van der Waals surface area contributed by atoms with E-state index in [2.05, 4.69) is 82.7 Å². The molecule has 0 aliphatic carbocycles. The van der Waals surface area contributed by atoms with Crippen LogP contribution in [0, 0.1) is 0 Å². The third-order valence-electron chi connectivity index (χ3n) is 6.11. The molecule has 5 nitrogen and oxygen atoms in total. The van der Waals surface area contributed by atoms with Crippen molar-refractivity contribution in [3.63, 3.8) is 0 Å². The van der Waals surface area contributed by atoms with Gasteiger partial charge in [-0.15, -0.1) is 10.2 Å². The lowest BCUT2D eigenvalue weighted by molar-refractivity contribution is -0.127. The van der Waals surface area contributed by atoms with Crippen LogP contribution in [-0.4, -0.2) is 16.1 Å². The molecule has 4 aromatic rings. The Labute approximate surface area is 194 Å². The molecule has 1 unspecified atom stereocenters. The van der Waals surface area contributed by atoms with Crippen molar-refractivity contribution in [2.24, 2.45) is 0 Å². The van der Waals surface area contributed by atoms with Crippen molar-refractivity contribution in [2.75, 3.05) is 9.80 Å². The Balaban J connectivity index is 1.33. The van der Waals surface area contributed by atoms with Crippen LogP contribution in [0.25, 0.3) is 0 Å². The van der Waals surface area contributed by atoms with Gasteiger partial charge >= 0.3 is 0 Å². The third-order valence-corrected chi connectivity index (χ3v) is 8.13. The maximum Gasteiger partial charge on any atom is 0.232 e. The molecule has 2 aliphatic heterocycles. The molecule has 0 radical (unpaired) electrons. The lowest BCUT2D eigenvalue weighted by Crippen LogP contribution is -2.59. The van der Waals surface area contributed by atoms with E-state index in [0.717, 1.165) is 10.6 Å². The Morgan fingerprint density at radius 2 is 1.50 bits per heavy atom. The Bertz CT molecular complexity index is 1280. The fraction of sp³-hybridized carbons (Fsp3) is 0.160. The van der Waals surface area contributed by atoms with Crippen LogP contribution in [0.5, 0.6) is 0 Å². The topological polar surface area (TPSA) is 49.3 Å². The second-order valence-electron chi connectivity index (χ2n) is 8.15. The molecule has 0 spiro atoms. The molecular weight excluding hydrogens is 436 g/mol. The van der Waals surface area contributed by atoms with E-state index in [0.29, 0.717) is 18.1 Å². The minimum Gasteiger partial charge on any atom is -0.333 e. The summed E-state index contributed by atoms with van der Waals surface area (Å²) >= 11 is 3.29. The number of anilines is 3. The highest BCUT2D eigenvalue weighted by molar-refractivity contribution is 7.99. The van der Waals surface area contributed by atoms with Gasteiger partial charge in [0.2, 0.25) is 11.0 Å². The number of carbonyl (C=O) groups is 1. The zero-order valence-electron chi connectivity index (χ0n) is 17.4. The molecule has 2 aliphatic rings. The molecule has 1 fully saturated rings. The first-order chi connectivity index (χ1) is 15.6. The van der Waals surface area contributed by atoms with Crippen molar-refractivity contribution in [1.82, 2.24) is 10.2 Å². The molecule has 0 bridgehead atoms. The summed E-state index contributed by atoms with van der Waals surface area (Å²) < 4.78 is 0. The maximum atomic E-state index is 12.6. The smallest absolute Gasteiger partial charge is 0.232 e. The number of para-hydroxylation sites is 2. The normalized spacial score (nSPS) is 19.3. The van der Waals surface area contributed by atoms with Crippen LogP contribution in [-0.2, 0) is 16.9 Å². The predicted octanol–water partition coefficient (Wildman–Crippen LogP) is 5.99. The number of fused-ring (bicyclic) bond motifs is 2. The van der Waals surface area contributed by atoms with Gasteiger partial charge in [-0.2, -0.15) is 0 Å². The fourth-order valence-electron chi connectivity index (χ4n) is 4.47. The SMILES string of the molecule is CC1(c2ccccc2)CC(=O)N1c1nnc(CN2c3ccccc3Sc3ccccc32)s1. The summed E-state index contributed by atoms with van der Waals surface area (Å²) in [6.45, 7) is 2.70. The molecule has 1 aromatic heterocycles. The van der Waals surface area contributed by atoms with Gasteiger partial charge in [-0.25, -0.2) is 0 Å². The van der Waals surface area contributed by atoms with Crippen LogP contribution in [0.4, 0.5) is 16.5 Å². The van der Waals surface area contributed by atoms with Gasteiger partial charge < -0.3 is 4.90 Å². The van der Waals surface area contributed by atoms with Gasteiger partial charge in [0.05, 0.1) is 29.9 Å². The van der Waals surface area contributed by atoms with Crippen molar-refractivity contribution in [2.45, 2.75) is 35.2 Å². The summed E-state index contributed by atoms with van der Waals surface area (Å²) in [5.41, 5.74) is 3.08. The molecule has 0 saturated carbocycles. The summed E-state index contributed by atoms with van der Waals surface area (Å²) in [6.07, 6.45) is 0.482. The number of nitrogens with zero attached hydrogens (tertiary/aromatic N) is 4. The lowest BCUT2D eigenvalue weighted by atomic mass is 9.80. The Morgan fingerprint density at radius 3 is 2.16 bits per heavy atom. The molecule has 1 amide bonds. The van der Waals surface area contributed by atoms with Gasteiger partial charge in [-0.1, -0.05) is 77.7 Å². The molecule has 3 heterocycles. The summed E-state index contributed by atoms with van der Waals surface area (Å²) in [5, 5.41) is 10.5. The monoisotopic (exact) mass is 456 g/mol. The predicted molar refractivity (Wildman–Crippen MR) is 129 cm³/mol. The van der Waals surface area contributed by atoms with Crippen LogP contribution < -0.4 is 9.80 Å². The Kier molecular flexibility index (Phi) is 4.55. The van der Waals surface area contributed by atoms with E-state index < -0.39 is 0 Å². The molecule has 7 heteroatoms. The highest BCUT2D eigenvalue weighted by Gasteiger charge is 2.50. The molecule has 0 N–H and O–H groups in total. The Morgan fingerprint density at radius 1 is 0.875 bits per heavy atom. The largest absolute Gasteiger partial charge is 0.333 e. The van der Waals surface area contributed by atoms with Gasteiger partial charge in [0.15, 0.2) is 0 Å². The number of benzene rings is 3. The van der Waals surface area contributed by atoms with Crippen molar-refractivity contribution < 1.29 is 4.79 Å². The number of hydrogen-bond acceptors (Lipinski definition) is 6. The van der Waals surface area contributed by atoms with Crippen LogP contribution in [0.1, 0.15) is 23.9 Å². The Hall–Kier alpha value is -3.16. The second kappa shape index (κ2) is 7.46. The van der Waals surface area contributed by atoms with Gasteiger partial charge in [0, 0.05) is 9.79 Å². The quantitative estimate of drug-likeness (QED) is 0.353. The molecule has 158 valence electrons. The van der Waals surface area contributed by atoms with E-state index in [9.17, 15) is 4.79 Å². The zero-order valence-corrected chi connectivity index (χ0v) is 19.1. The minimum absolute atomic E-state index is 0.0871. The fourth-order valence-corrected chi connectivity index (χ4v) is 6.53. The minimum atomic E-state index is -0.379. The van der Waals surface area contributed by atoms with E-state index >= 15 is 0 Å². The van der Waals surface area contributed by atoms with E-state index in [4.69, 9.17) is 0 Å². The molecule has 6 rings (SSSR count). The van der Waals surface area contributed by atoms with Crippen LogP contribution in [0.3, 0.4) is 0 Å². The second-order valence-corrected chi connectivity index (χ2v) is 10.3. The average Bonchev–Trinajstić information content (AvgIpc) is 3.26. The van der Waals surface area contributed by atoms with E-state index in [1.807, 2.05) is 18.2 Å².